The summed E-state index contributed by atoms with van der Waals surface area (Å²) in [7, 11) is 0. The molecule has 3 rings (SSSR count). The number of thiazole rings is 1. The number of anilines is 1. The molecule has 0 bridgehead atoms. The van der Waals surface area contributed by atoms with Crippen molar-refractivity contribution in [2.24, 2.45) is 0 Å². The highest BCUT2D eigenvalue weighted by molar-refractivity contribution is 7.12. The zero-order chi connectivity index (χ0) is 13.9. The number of nitrogens with one attached hydrogen (secondary N) is 1. The van der Waals surface area contributed by atoms with Gasteiger partial charge in [0.25, 0.3) is 0 Å². The molecule has 106 valence electrons. The third-order valence-electron chi connectivity index (χ3n) is 3.55. The van der Waals surface area contributed by atoms with E-state index in [-0.39, 0.29) is 0 Å². The maximum absolute atomic E-state index is 5.91. The van der Waals surface area contributed by atoms with Crippen LogP contribution in [0.2, 0.25) is 0 Å². The van der Waals surface area contributed by atoms with E-state index in [2.05, 4.69) is 36.3 Å². The van der Waals surface area contributed by atoms with Crippen LogP contribution in [-0.2, 0) is 13.0 Å². The van der Waals surface area contributed by atoms with Crippen LogP contribution in [0.4, 0.5) is 5.82 Å². The second kappa shape index (κ2) is 5.83. The van der Waals surface area contributed by atoms with Gasteiger partial charge >= 0.3 is 0 Å². The number of nitrogens with zero attached hydrogens (tertiary/aromatic N) is 1. The molecular weight excluding hydrogens is 268 g/mol. The molecule has 0 atom stereocenters. The summed E-state index contributed by atoms with van der Waals surface area (Å²) in [6, 6.07) is 6.27. The average Bonchev–Trinajstić information content (AvgIpc) is 2.68. The molecule has 3 nitrogen and oxygen atoms in total. The Bertz CT molecular complexity index is 583. The average molecular weight is 288 g/mol. The van der Waals surface area contributed by atoms with E-state index in [1.807, 2.05) is 6.07 Å². The first-order valence-corrected chi connectivity index (χ1v) is 7.96. The zero-order valence-corrected chi connectivity index (χ0v) is 12.8. The first-order valence-electron chi connectivity index (χ1n) is 7.15. The molecule has 1 aliphatic rings. The molecule has 1 N–H and O–H groups in total. The number of hydrogen-bond donors (Lipinski definition) is 1. The normalized spacial score (nSPS) is 14.3. The molecule has 0 aliphatic carbocycles. The lowest BCUT2D eigenvalue weighted by molar-refractivity contribution is 0.303. The maximum Gasteiger partial charge on any atom is 0.140 e. The van der Waals surface area contributed by atoms with Gasteiger partial charge in [-0.05, 0) is 44.7 Å². The smallest absolute Gasteiger partial charge is 0.140 e. The molecule has 0 amide bonds. The molecule has 2 aromatic rings. The van der Waals surface area contributed by atoms with Gasteiger partial charge in [0, 0.05) is 11.4 Å². The van der Waals surface area contributed by atoms with Gasteiger partial charge in [-0.2, -0.15) is 0 Å². The van der Waals surface area contributed by atoms with Crippen LogP contribution in [0, 0.1) is 13.8 Å². The van der Waals surface area contributed by atoms with E-state index in [4.69, 9.17) is 4.74 Å². The van der Waals surface area contributed by atoms with Crippen LogP contribution in [0.3, 0.4) is 0 Å². The fourth-order valence-corrected chi connectivity index (χ4v) is 3.49. The summed E-state index contributed by atoms with van der Waals surface area (Å²) in [6.07, 6.45) is 3.63. The van der Waals surface area contributed by atoms with Crippen molar-refractivity contribution in [2.75, 3.05) is 11.9 Å². The standard InChI is InChI=1S/C16H20N2OS/c1-11-6-7-13(12(2)9-11)19-10-15-18-16-14(20-15)5-3-4-8-17-16/h6-7,9,17H,3-5,8,10H2,1-2H3. The molecule has 4 heteroatoms. The van der Waals surface area contributed by atoms with Gasteiger partial charge < -0.3 is 10.1 Å². The molecule has 0 saturated heterocycles. The third kappa shape index (κ3) is 2.96. The summed E-state index contributed by atoms with van der Waals surface area (Å²) in [5.41, 5.74) is 2.45. The number of hydrogen-bond acceptors (Lipinski definition) is 4. The Kier molecular flexibility index (Phi) is 3.92. The minimum atomic E-state index is 0.559. The molecule has 0 unspecified atom stereocenters. The van der Waals surface area contributed by atoms with Crippen LogP contribution in [0.25, 0.3) is 0 Å². The molecule has 0 spiro atoms. The van der Waals surface area contributed by atoms with Crippen molar-refractivity contribution in [1.82, 2.24) is 4.98 Å². The summed E-state index contributed by atoms with van der Waals surface area (Å²) in [5.74, 6) is 2.03. The van der Waals surface area contributed by atoms with Crippen molar-refractivity contribution in [3.63, 3.8) is 0 Å². The van der Waals surface area contributed by atoms with Crippen LogP contribution < -0.4 is 10.1 Å². The Labute approximate surface area is 124 Å². The van der Waals surface area contributed by atoms with Crippen molar-refractivity contribution in [2.45, 2.75) is 39.7 Å². The number of aryl methyl sites for hydroxylation is 3. The molecule has 2 heterocycles. The number of ether oxygens (including phenoxy) is 1. The Morgan fingerprint density at radius 1 is 1.30 bits per heavy atom. The number of benzene rings is 1. The van der Waals surface area contributed by atoms with Gasteiger partial charge in [0.1, 0.15) is 23.2 Å². The van der Waals surface area contributed by atoms with Gasteiger partial charge in [0.15, 0.2) is 0 Å². The van der Waals surface area contributed by atoms with Crippen LogP contribution >= 0.6 is 11.3 Å². The van der Waals surface area contributed by atoms with Gasteiger partial charge in [0.2, 0.25) is 0 Å². The first kappa shape index (κ1) is 13.4. The molecule has 0 fully saturated rings. The second-order valence-electron chi connectivity index (χ2n) is 5.32. The van der Waals surface area contributed by atoms with Crippen molar-refractivity contribution in [1.29, 1.82) is 0 Å². The van der Waals surface area contributed by atoms with E-state index in [1.54, 1.807) is 11.3 Å². The van der Waals surface area contributed by atoms with Crippen LogP contribution in [-0.4, -0.2) is 11.5 Å². The Morgan fingerprint density at radius 3 is 3.05 bits per heavy atom. The van der Waals surface area contributed by atoms with Crippen LogP contribution in [0.5, 0.6) is 5.75 Å². The monoisotopic (exact) mass is 288 g/mol. The third-order valence-corrected chi connectivity index (χ3v) is 4.63. The van der Waals surface area contributed by atoms with Crippen molar-refractivity contribution >= 4 is 17.2 Å². The predicted octanol–water partition coefficient (Wildman–Crippen LogP) is 4.09. The predicted molar refractivity (Wildman–Crippen MR) is 83.8 cm³/mol. The Morgan fingerprint density at radius 2 is 2.20 bits per heavy atom. The van der Waals surface area contributed by atoms with Gasteiger partial charge in [-0.25, -0.2) is 4.98 Å². The van der Waals surface area contributed by atoms with E-state index < -0.39 is 0 Å². The summed E-state index contributed by atoms with van der Waals surface area (Å²) < 4.78 is 5.91. The van der Waals surface area contributed by atoms with E-state index >= 15 is 0 Å². The van der Waals surface area contributed by atoms with E-state index in [1.165, 1.54) is 28.8 Å². The van der Waals surface area contributed by atoms with Crippen LogP contribution in [0.1, 0.15) is 33.9 Å². The van der Waals surface area contributed by atoms with Gasteiger partial charge in [-0.3, -0.25) is 0 Å². The Hall–Kier alpha value is -1.55. The quantitative estimate of drug-likeness (QED) is 0.923. The number of rotatable bonds is 3. The second-order valence-corrected chi connectivity index (χ2v) is 6.49. The lowest BCUT2D eigenvalue weighted by Crippen LogP contribution is -2.01. The minimum absolute atomic E-state index is 0.559. The highest BCUT2D eigenvalue weighted by atomic mass is 32.1. The molecule has 20 heavy (non-hydrogen) atoms. The SMILES string of the molecule is Cc1ccc(OCc2nc3c(s2)CCCCN3)c(C)c1. The zero-order valence-electron chi connectivity index (χ0n) is 12.0. The molecule has 1 aliphatic heterocycles. The van der Waals surface area contributed by atoms with Gasteiger partial charge in [-0.15, -0.1) is 11.3 Å². The lowest BCUT2D eigenvalue weighted by Gasteiger charge is -2.08. The van der Waals surface area contributed by atoms with Crippen molar-refractivity contribution < 1.29 is 4.74 Å². The molecule has 0 radical (unpaired) electrons. The van der Waals surface area contributed by atoms with E-state index in [0.29, 0.717) is 6.61 Å². The van der Waals surface area contributed by atoms with Gasteiger partial charge in [0.05, 0.1) is 0 Å². The highest BCUT2D eigenvalue weighted by Crippen LogP contribution is 2.28. The summed E-state index contributed by atoms with van der Waals surface area (Å²) >= 11 is 1.78. The number of aromatic nitrogens is 1. The molecular formula is C16H20N2OS. The van der Waals surface area contributed by atoms with Crippen molar-refractivity contribution in [3.8, 4) is 5.75 Å². The van der Waals surface area contributed by atoms with Gasteiger partial charge in [-0.1, -0.05) is 17.7 Å². The summed E-state index contributed by atoms with van der Waals surface area (Å²) in [4.78, 5) is 6.03. The molecule has 0 saturated carbocycles. The maximum atomic E-state index is 5.91. The Balaban J connectivity index is 1.69. The van der Waals surface area contributed by atoms with Crippen LogP contribution in [0.15, 0.2) is 18.2 Å². The minimum Gasteiger partial charge on any atom is -0.486 e. The highest BCUT2D eigenvalue weighted by Gasteiger charge is 2.14. The fourth-order valence-electron chi connectivity index (χ4n) is 2.49. The lowest BCUT2D eigenvalue weighted by atomic mass is 10.1. The van der Waals surface area contributed by atoms with Crippen molar-refractivity contribution in [3.05, 3.63) is 39.2 Å². The van der Waals surface area contributed by atoms with E-state index in [0.717, 1.165) is 29.5 Å². The fraction of sp³-hybridized carbons (Fsp3) is 0.438. The first-order chi connectivity index (χ1) is 9.72. The topological polar surface area (TPSA) is 34.1 Å². The molecule has 1 aromatic carbocycles. The summed E-state index contributed by atoms with van der Waals surface area (Å²) in [5, 5.41) is 4.47. The summed E-state index contributed by atoms with van der Waals surface area (Å²) in [6.45, 7) is 5.78. The molecule has 1 aromatic heterocycles. The number of fused-ring (bicyclic) bond motifs is 1. The largest absolute Gasteiger partial charge is 0.486 e. The van der Waals surface area contributed by atoms with E-state index in [9.17, 15) is 0 Å².